The molecular weight excluding hydrogens is 544 g/mol. The van der Waals surface area contributed by atoms with Crippen molar-refractivity contribution >= 4 is 24.4 Å². The van der Waals surface area contributed by atoms with Crippen molar-refractivity contribution in [2.75, 3.05) is 40.1 Å². The maximum atomic E-state index is 13.2. The third-order valence-electron chi connectivity index (χ3n) is 8.24. The van der Waals surface area contributed by atoms with Crippen molar-refractivity contribution in [3.05, 3.63) is 70.9 Å². The predicted octanol–water partition coefficient (Wildman–Crippen LogP) is 2.81. The molecule has 1 saturated heterocycles. The van der Waals surface area contributed by atoms with Gasteiger partial charge in [0.2, 0.25) is 13.2 Å². The van der Waals surface area contributed by atoms with E-state index in [-0.39, 0.29) is 30.6 Å². The number of hydrogen-bond donors (Lipinski definition) is 2. The van der Waals surface area contributed by atoms with E-state index < -0.39 is 23.5 Å². The summed E-state index contributed by atoms with van der Waals surface area (Å²) in [5.41, 5.74) is 0.831. The van der Waals surface area contributed by atoms with Crippen LogP contribution < -0.4 is 14.8 Å². The standard InChI is InChI=1S/C30H34N4O8/c1-20-25(27(36)37)26(21-9-10-23-24(17-21)42-19-41-23)34(29(39)31-20)33(18-35)14-6-13-32-15-11-30(12-16-32,28(38)40-2)22-7-4-3-5-8-22/h3-5,7-10,17-18,26H,6,11-16,19H2,1-2H3,(H,31,39)(H,36,37). The van der Waals surface area contributed by atoms with Gasteiger partial charge in [-0.15, -0.1) is 0 Å². The summed E-state index contributed by atoms with van der Waals surface area (Å²) in [4.78, 5) is 53.0. The number of esters is 1. The van der Waals surface area contributed by atoms with Crippen molar-refractivity contribution in [3.8, 4) is 11.5 Å². The number of benzene rings is 2. The van der Waals surface area contributed by atoms with E-state index in [0.29, 0.717) is 62.4 Å². The molecule has 0 saturated carbocycles. The lowest BCUT2D eigenvalue weighted by atomic mass is 9.72. The van der Waals surface area contributed by atoms with Crippen LogP contribution in [0.2, 0.25) is 0 Å². The highest BCUT2D eigenvalue weighted by molar-refractivity contribution is 5.94. The summed E-state index contributed by atoms with van der Waals surface area (Å²) in [7, 11) is 1.41. The lowest BCUT2D eigenvalue weighted by Gasteiger charge is -2.42. The lowest BCUT2D eigenvalue weighted by molar-refractivity contribution is -0.149. The molecule has 2 aromatic rings. The molecule has 12 nitrogen and oxygen atoms in total. The third kappa shape index (κ3) is 5.37. The van der Waals surface area contributed by atoms with E-state index in [0.717, 1.165) is 10.6 Å². The number of carbonyl (C=O) groups is 4. The van der Waals surface area contributed by atoms with E-state index in [4.69, 9.17) is 14.2 Å². The number of carboxylic acid groups (broad SMARTS) is 1. The van der Waals surface area contributed by atoms with Gasteiger partial charge in [0.05, 0.1) is 18.1 Å². The predicted molar refractivity (Wildman–Crippen MR) is 149 cm³/mol. The zero-order chi connectivity index (χ0) is 29.9. The number of fused-ring (bicyclic) bond motifs is 1. The number of likely N-dealkylation sites (tertiary alicyclic amines) is 1. The van der Waals surface area contributed by atoms with Crippen LogP contribution in [0, 0.1) is 0 Å². The number of methoxy groups -OCH3 is 1. The summed E-state index contributed by atoms with van der Waals surface area (Å²) in [5, 5.41) is 15.0. The Morgan fingerprint density at radius 1 is 1.14 bits per heavy atom. The summed E-state index contributed by atoms with van der Waals surface area (Å²) in [6, 6.07) is 12.9. The van der Waals surface area contributed by atoms with Crippen molar-refractivity contribution in [2.45, 2.75) is 37.6 Å². The normalized spacial score (nSPS) is 19.7. The highest BCUT2D eigenvalue weighted by Gasteiger charge is 2.44. The number of allylic oxidation sites excluding steroid dienone is 1. The maximum absolute atomic E-state index is 13.2. The first-order chi connectivity index (χ1) is 20.3. The minimum absolute atomic E-state index is 0.0391. The molecule has 3 aliphatic rings. The molecule has 5 rings (SSSR count). The Hall–Kier alpha value is -4.58. The molecule has 3 amide bonds. The lowest BCUT2D eigenvalue weighted by Crippen LogP contribution is -2.56. The van der Waals surface area contributed by atoms with Gasteiger partial charge in [0, 0.05) is 12.2 Å². The Balaban J connectivity index is 1.30. The molecule has 2 aromatic carbocycles. The van der Waals surface area contributed by atoms with Gasteiger partial charge in [0.25, 0.3) is 0 Å². The zero-order valence-electron chi connectivity index (χ0n) is 23.6. The van der Waals surface area contributed by atoms with Crippen molar-refractivity contribution < 1.29 is 38.5 Å². The van der Waals surface area contributed by atoms with Gasteiger partial charge in [0.1, 0.15) is 6.04 Å². The summed E-state index contributed by atoms with van der Waals surface area (Å²) < 4.78 is 16.0. The SMILES string of the molecule is COC(=O)C1(c2ccccc2)CCN(CCCN(C=O)N2C(=O)NC(C)=C(C(=O)O)C2c2ccc3c(c2)OCO3)CC1. The third-order valence-corrected chi connectivity index (χ3v) is 8.24. The summed E-state index contributed by atoms with van der Waals surface area (Å²) >= 11 is 0. The van der Waals surface area contributed by atoms with E-state index in [9.17, 15) is 24.3 Å². The second-order valence-electron chi connectivity index (χ2n) is 10.5. The number of piperidine rings is 1. The molecule has 0 aromatic heterocycles. The van der Waals surface area contributed by atoms with Crippen LogP contribution in [-0.2, 0) is 24.5 Å². The molecule has 1 atom stereocenters. The number of hydrogen-bond acceptors (Lipinski definition) is 8. The summed E-state index contributed by atoms with van der Waals surface area (Å²) in [6.45, 7) is 3.64. The second kappa shape index (κ2) is 12.1. The van der Waals surface area contributed by atoms with Crippen LogP contribution in [0.5, 0.6) is 11.5 Å². The molecule has 12 heteroatoms. The average Bonchev–Trinajstić information content (AvgIpc) is 3.48. The van der Waals surface area contributed by atoms with E-state index in [1.165, 1.54) is 19.0 Å². The van der Waals surface area contributed by atoms with Gasteiger partial charge in [-0.25, -0.2) is 14.6 Å². The van der Waals surface area contributed by atoms with Crippen molar-refractivity contribution in [1.29, 1.82) is 0 Å². The van der Waals surface area contributed by atoms with Gasteiger partial charge in [-0.1, -0.05) is 36.4 Å². The molecule has 3 aliphatic heterocycles. The summed E-state index contributed by atoms with van der Waals surface area (Å²) in [5.74, 6) is -0.516. The number of aliphatic carboxylic acids is 1. The molecule has 2 N–H and O–H groups in total. The van der Waals surface area contributed by atoms with Crippen LogP contribution in [0.4, 0.5) is 4.79 Å². The van der Waals surface area contributed by atoms with E-state index >= 15 is 0 Å². The Morgan fingerprint density at radius 3 is 2.52 bits per heavy atom. The number of amides is 3. The number of rotatable bonds is 10. The molecule has 0 radical (unpaired) electrons. The molecule has 1 unspecified atom stereocenters. The number of ether oxygens (including phenoxy) is 3. The average molecular weight is 579 g/mol. The number of nitrogens with one attached hydrogen (secondary N) is 1. The topological polar surface area (TPSA) is 138 Å². The van der Waals surface area contributed by atoms with Crippen molar-refractivity contribution in [2.24, 2.45) is 0 Å². The molecule has 0 aliphatic carbocycles. The quantitative estimate of drug-likeness (QED) is 0.322. The fourth-order valence-corrected chi connectivity index (χ4v) is 6.05. The number of hydrazine groups is 1. The molecule has 3 heterocycles. The van der Waals surface area contributed by atoms with E-state index in [1.807, 2.05) is 30.3 Å². The van der Waals surface area contributed by atoms with E-state index in [2.05, 4.69) is 10.2 Å². The Bertz CT molecular complexity index is 1390. The first-order valence-corrected chi connectivity index (χ1v) is 13.8. The summed E-state index contributed by atoms with van der Waals surface area (Å²) in [6.07, 6.45) is 2.23. The van der Waals surface area contributed by atoms with Crippen molar-refractivity contribution in [3.63, 3.8) is 0 Å². The fourth-order valence-electron chi connectivity index (χ4n) is 6.05. The van der Waals surface area contributed by atoms with E-state index in [1.54, 1.807) is 18.2 Å². The minimum atomic E-state index is -1.22. The highest BCUT2D eigenvalue weighted by Crippen LogP contribution is 2.40. The van der Waals surface area contributed by atoms with Crippen LogP contribution in [-0.4, -0.2) is 84.5 Å². The Labute approximate surface area is 243 Å². The number of urea groups is 1. The van der Waals surface area contributed by atoms with Crippen molar-refractivity contribution in [1.82, 2.24) is 20.2 Å². The van der Waals surface area contributed by atoms with Gasteiger partial charge in [-0.2, -0.15) is 0 Å². The monoisotopic (exact) mass is 578 g/mol. The molecule has 0 spiro atoms. The van der Waals surface area contributed by atoms with Gasteiger partial charge in [-0.05, 0) is 69.1 Å². The first kappa shape index (κ1) is 28.9. The highest BCUT2D eigenvalue weighted by atomic mass is 16.7. The molecular formula is C30H34N4O8. The number of nitrogens with zero attached hydrogens (tertiary/aromatic N) is 3. The van der Waals surface area contributed by atoms with Crippen LogP contribution >= 0.6 is 0 Å². The van der Waals surface area contributed by atoms with Gasteiger partial charge in [-0.3, -0.25) is 14.6 Å². The van der Waals surface area contributed by atoms with Gasteiger partial charge < -0.3 is 29.5 Å². The first-order valence-electron chi connectivity index (χ1n) is 13.8. The van der Waals surface area contributed by atoms with Crippen LogP contribution in [0.25, 0.3) is 0 Å². The van der Waals surface area contributed by atoms with Crippen LogP contribution in [0.1, 0.15) is 43.4 Å². The van der Waals surface area contributed by atoms with Crippen LogP contribution in [0.15, 0.2) is 59.8 Å². The Morgan fingerprint density at radius 2 is 1.86 bits per heavy atom. The van der Waals surface area contributed by atoms with Crippen LogP contribution in [0.3, 0.4) is 0 Å². The smallest absolute Gasteiger partial charge is 0.341 e. The van der Waals surface area contributed by atoms with Gasteiger partial charge in [0.15, 0.2) is 11.5 Å². The molecule has 1 fully saturated rings. The number of carboxylic acids is 1. The fraction of sp³-hybridized carbons (Fsp3) is 0.400. The maximum Gasteiger partial charge on any atom is 0.341 e. The number of carbonyl (C=O) groups excluding carboxylic acids is 3. The Kier molecular flexibility index (Phi) is 8.34. The molecule has 222 valence electrons. The minimum Gasteiger partial charge on any atom is -0.478 e. The largest absolute Gasteiger partial charge is 0.478 e. The molecule has 42 heavy (non-hydrogen) atoms. The molecule has 0 bridgehead atoms. The zero-order valence-corrected chi connectivity index (χ0v) is 23.6. The second-order valence-corrected chi connectivity index (χ2v) is 10.5. The van der Waals surface area contributed by atoms with Gasteiger partial charge >= 0.3 is 18.0 Å².